The van der Waals surface area contributed by atoms with E-state index in [1.54, 1.807) is 0 Å². The van der Waals surface area contributed by atoms with Crippen LogP contribution in [0, 0.1) is 5.92 Å². The van der Waals surface area contributed by atoms with Crippen LogP contribution in [0.5, 0.6) is 0 Å². The first-order valence-electron chi connectivity index (χ1n) is 6.72. The van der Waals surface area contributed by atoms with E-state index in [4.69, 9.17) is 11.6 Å². The molecular formula is C16H17ClN2. The summed E-state index contributed by atoms with van der Waals surface area (Å²) >= 11 is 5.83. The summed E-state index contributed by atoms with van der Waals surface area (Å²) in [6.45, 7) is 2.03. The molecule has 2 aromatic rings. The number of nitrogens with zero attached hydrogens (tertiary/aromatic N) is 2. The second kappa shape index (κ2) is 5.62. The SMILES string of the molecule is Clc1ccc(CN(CC2CC2)c2ccccc2)cn1. The molecule has 3 heteroatoms. The highest BCUT2D eigenvalue weighted by molar-refractivity contribution is 6.29. The molecule has 0 N–H and O–H groups in total. The Hall–Kier alpha value is -1.54. The van der Waals surface area contributed by atoms with Crippen molar-refractivity contribution in [2.75, 3.05) is 11.4 Å². The summed E-state index contributed by atoms with van der Waals surface area (Å²) in [5.74, 6) is 0.862. The zero-order chi connectivity index (χ0) is 13.1. The maximum Gasteiger partial charge on any atom is 0.129 e. The minimum Gasteiger partial charge on any atom is -0.367 e. The number of aromatic nitrogens is 1. The predicted molar refractivity (Wildman–Crippen MR) is 79.5 cm³/mol. The third-order valence-corrected chi connectivity index (χ3v) is 3.68. The molecule has 3 rings (SSSR count). The fourth-order valence-electron chi connectivity index (χ4n) is 2.23. The molecule has 0 unspecified atom stereocenters. The molecular weight excluding hydrogens is 256 g/mol. The van der Waals surface area contributed by atoms with Gasteiger partial charge in [0.1, 0.15) is 5.15 Å². The molecule has 1 aromatic carbocycles. The van der Waals surface area contributed by atoms with E-state index in [1.165, 1.54) is 24.1 Å². The van der Waals surface area contributed by atoms with Crippen molar-refractivity contribution in [3.8, 4) is 0 Å². The quantitative estimate of drug-likeness (QED) is 0.760. The van der Waals surface area contributed by atoms with Crippen LogP contribution in [0.15, 0.2) is 48.7 Å². The van der Waals surface area contributed by atoms with Crippen LogP contribution in [0.2, 0.25) is 5.15 Å². The van der Waals surface area contributed by atoms with Gasteiger partial charge in [0, 0.05) is 25.0 Å². The molecule has 1 heterocycles. The molecule has 0 bridgehead atoms. The number of benzene rings is 1. The molecule has 1 aromatic heterocycles. The monoisotopic (exact) mass is 272 g/mol. The van der Waals surface area contributed by atoms with E-state index in [2.05, 4.69) is 46.3 Å². The van der Waals surface area contributed by atoms with Gasteiger partial charge in [0.15, 0.2) is 0 Å². The lowest BCUT2D eigenvalue weighted by molar-refractivity contribution is 0.721. The largest absolute Gasteiger partial charge is 0.367 e. The van der Waals surface area contributed by atoms with Crippen LogP contribution >= 0.6 is 11.6 Å². The second-order valence-electron chi connectivity index (χ2n) is 5.15. The van der Waals surface area contributed by atoms with Crippen molar-refractivity contribution in [2.24, 2.45) is 5.92 Å². The number of pyridine rings is 1. The van der Waals surface area contributed by atoms with Gasteiger partial charge in [-0.3, -0.25) is 0 Å². The van der Waals surface area contributed by atoms with E-state index in [0.717, 1.165) is 19.0 Å². The summed E-state index contributed by atoms with van der Waals surface area (Å²) in [6, 6.07) is 14.5. The Morgan fingerprint density at radius 3 is 2.53 bits per heavy atom. The molecule has 1 fully saturated rings. The summed E-state index contributed by atoms with van der Waals surface area (Å²) in [7, 11) is 0. The average molecular weight is 273 g/mol. The zero-order valence-corrected chi connectivity index (χ0v) is 11.6. The summed E-state index contributed by atoms with van der Waals surface area (Å²) < 4.78 is 0. The van der Waals surface area contributed by atoms with E-state index in [1.807, 2.05) is 12.3 Å². The Morgan fingerprint density at radius 2 is 1.89 bits per heavy atom. The van der Waals surface area contributed by atoms with Crippen LogP contribution in [0.25, 0.3) is 0 Å². The van der Waals surface area contributed by atoms with Crippen LogP contribution in [0.4, 0.5) is 5.69 Å². The summed E-state index contributed by atoms with van der Waals surface area (Å²) in [4.78, 5) is 6.59. The number of anilines is 1. The summed E-state index contributed by atoms with van der Waals surface area (Å²) in [5, 5.41) is 0.553. The normalized spacial score (nSPS) is 14.4. The van der Waals surface area contributed by atoms with Crippen LogP contribution < -0.4 is 4.90 Å². The van der Waals surface area contributed by atoms with Gasteiger partial charge in [0.25, 0.3) is 0 Å². The molecule has 98 valence electrons. The molecule has 19 heavy (non-hydrogen) atoms. The molecule has 0 saturated heterocycles. The fraction of sp³-hybridized carbons (Fsp3) is 0.312. The van der Waals surface area contributed by atoms with Crippen LogP contribution in [0.3, 0.4) is 0 Å². The van der Waals surface area contributed by atoms with Gasteiger partial charge >= 0.3 is 0 Å². The van der Waals surface area contributed by atoms with Gasteiger partial charge in [0.05, 0.1) is 0 Å². The molecule has 0 atom stereocenters. The summed E-state index contributed by atoms with van der Waals surface area (Å²) in [6.07, 6.45) is 4.59. The van der Waals surface area contributed by atoms with Crippen molar-refractivity contribution < 1.29 is 0 Å². The highest BCUT2D eigenvalue weighted by Gasteiger charge is 2.24. The fourth-order valence-corrected chi connectivity index (χ4v) is 2.34. The first kappa shape index (κ1) is 12.5. The lowest BCUT2D eigenvalue weighted by Gasteiger charge is -2.25. The van der Waals surface area contributed by atoms with E-state index in [-0.39, 0.29) is 0 Å². The van der Waals surface area contributed by atoms with E-state index in [0.29, 0.717) is 5.15 Å². The molecule has 0 radical (unpaired) electrons. The van der Waals surface area contributed by atoms with Crippen molar-refractivity contribution in [1.29, 1.82) is 0 Å². The highest BCUT2D eigenvalue weighted by Crippen LogP contribution is 2.32. The zero-order valence-electron chi connectivity index (χ0n) is 10.8. The summed E-state index contributed by atoms with van der Waals surface area (Å²) in [5.41, 5.74) is 2.48. The van der Waals surface area contributed by atoms with Gasteiger partial charge in [-0.15, -0.1) is 0 Å². The topological polar surface area (TPSA) is 16.1 Å². The number of hydrogen-bond donors (Lipinski definition) is 0. The van der Waals surface area contributed by atoms with Gasteiger partial charge < -0.3 is 4.90 Å². The van der Waals surface area contributed by atoms with Crippen molar-refractivity contribution in [2.45, 2.75) is 19.4 Å². The first-order valence-corrected chi connectivity index (χ1v) is 7.09. The average Bonchev–Trinajstić information content (AvgIpc) is 3.26. The first-order chi connectivity index (χ1) is 9.31. The molecule has 2 nitrogen and oxygen atoms in total. The Bertz CT molecular complexity index is 520. The maximum atomic E-state index is 5.83. The van der Waals surface area contributed by atoms with Crippen molar-refractivity contribution >= 4 is 17.3 Å². The number of halogens is 1. The van der Waals surface area contributed by atoms with Crippen LogP contribution in [0.1, 0.15) is 18.4 Å². The van der Waals surface area contributed by atoms with Gasteiger partial charge in [-0.05, 0) is 42.5 Å². The van der Waals surface area contributed by atoms with E-state index >= 15 is 0 Å². The van der Waals surface area contributed by atoms with Gasteiger partial charge in [0.2, 0.25) is 0 Å². The third kappa shape index (κ3) is 3.48. The van der Waals surface area contributed by atoms with Gasteiger partial charge in [-0.2, -0.15) is 0 Å². The van der Waals surface area contributed by atoms with Crippen molar-refractivity contribution in [1.82, 2.24) is 4.98 Å². The molecule has 1 saturated carbocycles. The van der Waals surface area contributed by atoms with Crippen molar-refractivity contribution in [3.63, 3.8) is 0 Å². The lowest BCUT2D eigenvalue weighted by atomic mass is 10.2. The predicted octanol–water partition coefficient (Wildman–Crippen LogP) is 4.15. The number of para-hydroxylation sites is 1. The smallest absolute Gasteiger partial charge is 0.129 e. The maximum absolute atomic E-state index is 5.83. The lowest BCUT2D eigenvalue weighted by Crippen LogP contribution is -2.25. The minimum atomic E-state index is 0.553. The molecule has 1 aliphatic rings. The second-order valence-corrected chi connectivity index (χ2v) is 5.54. The van der Waals surface area contributed by atoms with Crippen LogP contribution in [-0.2, 0) is 6.54 Å². The van der Waals surface area contributed by atoms with E-state index in [9.17, 15) is 0 Å². The van der Waals surface area contributed by atoms with Crippen LogP contribution in [-0.4, -0.2) is 11.5 Å². The van der Waals surface area contributed by atoms with Gasteiger partial charge in [-0.25, -0.2) is 4.98 Å². The molecule has 0 spiro atoms. The minimum absolute atomic E-state index is 0.553. The standard InChI is InChI=1S/C16H17ClN2/c17-16-9-8-14(10-18-16)12-19(11-13-6-7-13)15-4-2-1-3-5-15/h1-5,8-10,13H,6-7,11-12H2. The Morgan fingerprint density at radius 1 is 1.11 bits per heavy atom. The third-order valence-electron chi connectivity index (χ3n) is 3.46. The molecule has 0 amide bonds. The van der Waals surface area contributed by atoms with Crippen molar-refractivity contribution in [3.05, 3.63) is 59.4 Å². The Balaban J connectivity index is 1.77. The molecule has 0 aliphatic heterocycles. The number of rotatable bonds is 5. The van der Waals surface area contributed by atoms with Gasteiger partial charge in [-0.1, -0.05) is 35.9 Å². The highest BCUT2D eigenvalue weighted by atomic mass is 35.5. The number of hydrogen-bond acceptors (Lipinski definition) is 2. The Labute approximate surface area is 119 Å². The Kier molecular flexibility index (Phi) is 3.69. The van der Waals surface area contributed by atoms with E-state index < -0.39 is 0 Å². The molecule has 1 aliphatic carbocycles.